The van der Waals surface area contributed by atoms with Crippen LogP contribution < -0.4 is 0 Å². The lowest BCUT2D eigenvalue weighted by Gasteiger charge is -2.35. The minimum Gasteiger partial charge on any atom is -0.374 e. The zero-order valence-electron chi connectivity index (χ0n) is 10.3. The van der Waals surface area contributed by atoms with Gasteiger partial charge in [0.2, 0.25) is 0 Å². The van der Waals surface area contributed by atoms with Crippen molar-refractivity contribution in [2.75, 3.05) is 39.8 Å². The number of ether oxygens (including phenoxy) is 1. The Bertz CT molecular complexity index is 236. The van der Waals surface area contributed by atoms with Gasteiger partial charge in [0, 0.05) is 33.2 Å². The molecule has 0 unspecified atom stereocenters. The van der Waals surface area contributed by atoms with E-state index in [4.69, 9.17) is 4.74 Å². The first-order chi connectivity index (χ1) is 7.49. The highest BCUT2D eigenvalue weighted by Crippen LogP contribution is 2.09. The van der Waals surface area contributed by atoms with Crippen molar-refractivity contribution < 1.29 is 9.53 Å². The Morgan fingerprint density at radius 1 is 1.62 bits per heavy atom. The highest BCUT2D eigenvalue weighted by Gasteiger charge is 2.22. The molecule has 1 fully saturated rings. The smallest absolute Gasteiger partial charge is 0.278 e. The SMILES string of the molecule is CC(C)CN1CCO[C@H](CN(C)C(=O)S)C1. The molecular weight excluding hydrogens is 224 g/mol. The Labute approximate surface area is 103 Å². The highest BCUT2D eigenvalue weighted by molar-refractivity contribution is 7.96. The third kappa shape index (κ3) is 4.72. The molecule has 0 radical (unpaired) electrons. The summed E-state index contributed by atoms with van der Waals surface area (Å²) in [6.45, 7) is 8.81. The van der Waals surface area contributed by atoms with Gasteiger partial charge in [-0.25, -0.2) is 0 Å². The van der Waals surface area contributed by atoms with Crippen molar-refractivity contribution >= 4 is 17.9 Å². The zero-order valence-corrected chi connectivity index (χ0v) is 11.2. The molecule has 0 saturated carbocycles. The maximum absolute atomic E-state index is 11.0. The Hall–Kier alpha value is -0.260. The molecule has 5 heteroatoms. The zero-order chi connectivity index (χ0) is 12.1. The number of likely N-dealkylation sites (N-methyl/N-ethyl adjacent to an activating group) is 1. The van der Waals surface area contributed by atoms with Crippen molar-refractivity contribution in [2.45, 2.75) is 20.0 Å². The highest BCUT2D eigenvalue weighted by atomic mass is 32.1. The predicted octanol–water partition coefficient (Wildman–Crippen LogP) is 1.32. The van der Waals surface area contributed by atoms with E-state index in [9.17, 15) is 4.79 Å². The van der Waals surface area contributed by atoms with E-state index in [1.807, 2.05) is 0 Å². The number of amides is 1. The molecule has 1 aliphatic rings. The van der Waals surface area contributed by atoms with E-state index in [2.05, 4.69) is 31.4 Å². The topological polar surface area (TPSA) is 32.8 Å². The van der Waals surface area contributed by atoms with Gasteiger partial charge >= 0.3 is 0 Å². The van der Waals surface area contributed by atoms with Crippen LogP contribution in [0.5, 0.6) is 0 Å². The molecule has 4 nitrogen and oxygen atoms in total. The van der Waals surface area contributed by atoms with Crippen LogP contribution in [0.25, 0.3) is 0 Å². The van der Waals surface area contributed by atoms with E-state index in [-0.39, 0.29) is 11.3 Å². The van der Waals surface area contributed by atoms with E-state index >= 15 is 0 Å². The number of carbonyl (C=O) groups is 1. The molecular formula is C11H22N2O2S. The lowest BCUT2D eigenvalue weighted by molar-refractivity contribution is -0.0384. The maximum atomic E-state index is 11.0. The molecule has 1 saturated heterocycles. The van der Waals surface area contributed by atoms with Gasteiger partial charge in [-0.05, 0) is 5.92 Å². The molecule has 0 spiro atoms. The second kappa shape index (κ2) is 6.47. The first kappa shape index (κ1) is 13.8. The van der Waals surface area contributed by atoms with Crippen LogP contribution in [0.15, 0.2) is 0 Å². The van der Waals surface area contributed by atoms with Crippen molar-refractivity contribution in [2.24, 2.45) is 5.92 Å². The van der Waals surface area contributed by atoms with Crippen molar-refractivity contribution in [3.8, 4) is 0 Å². The largest absolute Gasteiger partial charge is 0.374 e. The molecule has 16 heavy (non-hydrogen) atoms. The molecule has 0 bridgehead atoms. The number of rotatable bonds is 4. The second-order valence-electron chi connectivity index (χ2n) is 4.81. The minimum absolute atomic E-state index is 0.119. The summed E-state index contributed by atoms with van der Waals surface area (Å²) >= 11 is 3.79. The van der Waals surface area contributed by atoms with Gasteiger partial charge in [0.05, 0.1) is 12.7 Å². The lowest BCUT2D eigenvalue weighted by atomic mass is 10.2. The third-order valence-electron chi connectivity index (χ3n) is 2.65. The molecule has 1 aliphatic heterocycles. The first-order valence-corrected chi connectivity index (χ1v) is 6.21. The average molecular weight is 246 g/mol. The summed E-state index contributed by atoms with van der Waals surface area (Å²) in [5.41, 5.74) is 0. The molecule has 0 aromatic carbocycles. The number of hydrogen-bond donors (Lipinski definition) is 1. The van der Waals surface area contributed by atoms with Crippen LogP contribution in [0.1, 0.15) is 13.8 Å². The number of carbonyl (C=O) groups excluding carboxylic acids is 1. The monoisotopic (exact) mass is 246 g/mol. The lowest BCUT2D eigenvalue weighted by Crippen LogP contribution is -2.48. The van der Waals surface area contributed by atoms with Crippen LogP contribution in [-0.2, 0) is 4.74 Å². The van der Waals surface area contributed by atoms with Gasteiger partial charge in [-0.15, -0.1) is 0 Å². The number of morpholine rings is 1. The normalized spacial score (nSPS) is 22.4. The summed E-state index contributed by atoms with van der Waals surface area (Å²) in [7, 11) is 1.75. The number of hydrogen-bond acceptors (Lipinski definition) is 3. The van der Waals surface area contributed by atoms with Crippen molar-refractivity contribution in [1.29, 1.82) is 0 Å². The molecule has 0 aromatic rings. The summed E-state index contributed by atoms with van der Waals surface area (Å²) in [5, 5.41) is -0.204. The number of thiol groups is 1. The van der Waals surface area contributed by atoms with E-state index < -0.39 is 0 Å². The summed E-state index contributed by atoms with van der Waals surface area (Å²) in [5.74, 6) is 0.669. The average Bonchev–Trinajstić information content (AvgIpc) is 2.16. The summed E-state index contributed by atoms with van der Waals surface area (Å²) in [6.07, 6.45) is 0.119. The van der Waals surface area contributed by atoms with Crippen LogP contribution in [-0.4, -0.2) is 61.0 Å². The molecule has 1 rings (SSSR count). The second-order valence-corrected chi connectivity index (χ2v) is 5.19. The van der Waals surface area contributed by atoms with Gasteiger partial charge in [0.25, 0.3) is 5.24 Å². The molecule has 1 heterocycles. The summed E-state index contributed by atoms with van der Waals surface area (Å²) < 4.78 is 5.64. The van der Waals surface area contributed by atoms with E-state index in [1.54, 1.807) is 11.9 Å². The fourth-order valence-electron chi connectivity index (χ4n) is 1.96. The van der Waals surface area contributed by atoms with Crippen LogP contribution in [0.4, 0.5) is 4.79 Å². The van der Waals surface area contributed by atoms with Crippen LogP contribution in [0.2, 0.25) is 0 Å². The molecule has 1 amide bonds. The quantitative estimate of drug-likeness (QED) is 0.760. The van der Waals surface area contributed by atoms with E-state index in [1.165, 1.54) is 0 Å². The van der Waals surface area contributed by atoms with E-state index in [0.29, 0.717) is 12.5 Å². The van der Waals surface area contributed by atoms with Crippen molar-refractivity contribution in [3.63, 3.8) is 0 Å². The van der Waals surface area contributed by atoms with Crippen LogP contribution in [0, 0.1) is 5.92 Å². The van der Waals surface area contributed by atoms with Crippen molar-refractivity contribution in [3.05, 3.63) is 0 Å². The Kier molecular flexibility index (Phi) is 5.58. The molecule has 94 valence electrons. The van der Waals surface area contributed by atoms with Gasteiger partial charge in [0.15, 0.2) is 0 Å². The van der Waals surface area contributed by atoms with Crippen LogP contribution >= 0.6 is 12.6 Å². The van der Waals surface area contributed by atoms with Crippen LogP contribution in [0.3, 0.4) is 0 Å². The predicted molar refractivity (Wildman–Crippen MR) is 68.0 cm³/mol. The molecule has 1 atom stereocenters. The number of nitrogens with zero attached hydrogens (tertiary/aromatic N) is 2. The molecule has 0 aromatic heterocycles. The standard InChI is InChI=1S/C11H22N2O2S/c1-9(2)6-13-4-5-15-10(8-13)7-12(3)11(14)16/h9-10H,4-8H2,1-3H3,(H,14,16)/t10-/m1/s1. The Morgan fingerprint density at radius 2 is 2.31 bits per heavy atom. The van der Waals surface area contributed by atoms with Crippen molar-refractivity contribution in [1.82, 2.24) is 9.80 Å². The Balaban J connectivity index is 2.35. The fourth-order valence-corrected chi connectivity index (χ4v) is 2.04. The van der Waals surface area contributed by atoms with Gasteiger partial charge in [-0.1, -0.05) is 26.5 Å². The molecule has 0 N–H and O–H groups in total. The maximum Gasteiger partial charge on any atom is 0.278 e. The van der Waals surface area contributed by atoms with Gasteiger partial charge < -0.3 is 9.64 Å². The summed E-state index contributed by atoms with van der Waals surface area (Å²) in [6, 6.07) is 0. The van der Waals surface area contributed by atoms with Gasteiger partial charge in [0.1, 0.15) is 0 Å². The van der Waals surface area contributed by atoms with Gasteiger partial charge in [-0.3, -0.25) is 9.69 Å². The minimum atomic E-state index is -0.204. The fraction of sp³-hybridized carbons (Fsp3) is 0.909. The van der Waals surface area contributed by atoms with E-state index in [0.717, 1.165) is 26.2 Å². The first-order valence-electron chi connectivity index (χ1n) is 5.77. The summed E-state index contributed by atoms with van der Waals surface area (Å²) in [4.78, 5) is 15.0. The Morgan fingerprint density at radius 3 is 2.88 bits per heavy atom. The molecule has 0 aliphatic carbocycles. The third-order valence-corrected chi connectivity index (χ3v) is 2.99. The van der Waals surface area contributed by atoms with Gasteiger partial charge in [-0.2, -0.15) is 0 Å².